The molecule has 1 amide bonds. The maximum absolute atomic E-state index is 12.5. The quantitative estimate of drug-likeness (QED) is 0.842. The summed E-state index contributed by atoms with van der Waals surface area (Å²) in [6, 6.07) is 17.7. The number of hydrogen-bond donors (Lipinski definition) is 1. The minimum atomic E-state index is -1.04. The van der Waals surface area contributed by atoms with Crippen molar-refractivity contribution in [3.63, 3.8) is 0 Å². The predicted octanol–water partition coefficient (Wildman–Crippen LogP) is 3.69. The largest absolute Gasteiger partial charge is 0.480 e. The first kappa shape index (κ1) is 17.5. The number of carboxylic acids is 1. The van der Waals surface area contributed by atoms with Gasteiger partial charge in [-0.3, -0.25) is 4.90 Å². The summed E-state index contributed by atoms with van der Waals surface area (Å²) in [6.45, 7) is 2.04. The van der Waals surface area contributed by atoms with Crippen molar-refractivity contribution in [1.82, 2.24) is 4.90 Å². The number of ether oxygens (including phenoxy) is 1. The highest BCUT2D eigenvalue weighted by Gasteiger charge is 2.29. The zero-order valence-corrected chi connectivity index (χ0v) is 13.6. The normalized spacial score (nSPS) is 11.5. The monoisotopic (exact) mass is 327 g/mol. The molecule has 0 spiro atoms. The Morgan fingerprint density at radius 2 is 1.54 bits per heavy atom. The van der Waals surface area contributed by atoms with Crippen LogP contribution >= 0.6 is 0 Å². The van der Waals surface area contributed by atoms with E-state index in [2.05, 4.69) is 0 Å². The van der Waals surface area contributed by atoms with E-state index in [9.17, 15) is 14.7 Å². The number of aliphatic carboxylic acids is 1. The summed E-state index contributed by atoms with van der Waals surface area (Å²) in [7, 11) is 0. The van der Waals surface area contributed by atoms with Crippen molar-refractivity contribution in [3.05, 3.63) is 71.8 Å². The molecule has 0 radical (unpaired) electrons. The van der Waals surface area contributed by atoms with Crippen molar-refractivity contribution in [2.45, 2.75) is 32.5 Å². The standard InChI is InChI=1S/C19H21NO4/c1-2-17(18(21)22)20(13-15-9-5-3-6-10-15)19(23)24-14-16-11-7-4-8-12-16/h3-12,17H,2,13-14H2,1H3,(H,21,22). The lowest BCUT2D eigenvalue weighted by Gasteiger charge is -2.27. The van der Waals surface area contributed by atoms with Crippen LogP contribution in [0.3, 0.4) is 0 Å². The topological polar surface area (TPSA) is 66.8 Å². The lowest BCUT2D eigenvalue weighted by Crippen LogP contribution is -2.44. The van der Waals surface area contributed by atoms with E-state index in [0.717, 1.165) is 11.1 Å². The molecule has 0 aliphatic carbocycles. The Labute approximate surface area is 141 Å². The van der Waals surface area contributed by atoms with E-state index in [0.29, 0.717) is 6.42 Å². The zero-order valence-electron chi connectivity index (χ0n) is 13.6. The van der Waals surface area contributed by atoms with E-state index >= 15 is 0 Å². The summed E-state index contributed by atoms with van der Waals surface area (Å²) in [4.78, 5) is 25.2. The second kappa shape index (κ2) is 8.72. The van der Waals surface area contributed by atoms with Crippen LogP contribution in [-0.4, -0.2) is 28.1 Å². The third-order valence-electron chi connectivity index (χ3n) is 3.68. The molecule has 0 aliphatic heterocycles. The average Bonchev–Trinajstić information content (AvgIpc) is 2.61. The van der Waals surface area contributed by atoms with Crippen LogP contribution in [0.5, 0.6) is 0 Å². The van der Waals surface area contributed by atoms with Gasteiger partial charge in [0, 0.05) is 6.54 Å². The first-order valence-electron chi connectivity index (χ1n) is 7.86. The molecule has 126 valence electrons. The Kier molecular flexibility index (Phi) is 6.37. The SMILES string of the molecule is CCC(C(=O)O)N(Cc1ccccc1)C(=O)OCc1ccccc1. The van der Waals surface area contributed by atoms with Gasteiger partial charge in [0.2, 0.25) is 0 Å². The van der Waals surface area contributed by atoms with Crippen LogP contribution in [0, 0.1) is 0 Å². The molecular formula is C19H21NO4. The van der Waals surface area contributed by atoms with Gasteiger partial charge in [0.15, 0.2) is 0 Å². The van der Waals surface area contributed by atoms with Gasteiger partial charge < -0.3 is 9.84 Å². The summed E-state index contributed by atoms with van der Waals surface area (Å²) in [6.07, 6.45) is -0.320. The summed E-state index contributed by atoms with van der Waals surface area (Å²) in [5.74, 6) is -1.04. The van der Waals surface area contributed by atoms with E-state index in [4.69, 9.17) is 4.74 Å². The van der Waals surface area contributed by atoms with E-state index in [1.165, 1.54) is 4.90 Å². The molecule has 0 saturated carbocycles. The number of carbonyl (C=O) groups is 2. The smallest absolute Gasteiger partial charge is 0.411 e. The number of hydrogen-bond acceptors (Lipinski definition) is 3. The molecule has 0 aliphatic rings. The van der Waals surface area contributed by atoms with Gasteiger partial charge in [0.05, 0.1) is 0 Å². The number of carbonyl (C=O) groups excluding carboxylic acids is 1. The molecule has 5 heteroatoms. The molecule has 5 nitrogen and oxygen atoms in total. The Balaban J connectivity index is 2.11. The molecule has 0 fully saturated rings. The molecular weight excluding hydrogens is 306 g/mol. The molecule has 2 aromatic rings. The van der Waals surface area contributed by atoms with Crippen molar-refractivity contribution >= 4 is 12.1 Å². The summed E-state index contributed by atoms with van der Waals surface area (Å²) < 4.78 is 5.32. The van der Waals surface area contributed by atoms with Gasteiger partial charge in [-0.1, -0.05) is 67.6 Å². The number of amides is 1. The first-order chi connectivity index (χ1) is 11.6. The first-order valence-corrected chi connectivity index (χ1v) is 7.86. The van der Waals surface area contributed by atoms with Crippen LogP contribution in [0.15, 0.2) is 60.7 Å². The second-order valence-electron chi connectivity index (χ2n) is 5.42. The zero-order chi connectivity index (χ0) is 17.4. The molecule has 24 heavy (non-hydrogen) atoms. The van der Waals surface area contributed by atoms with Crippen molar-refractivity contribution in [1.29, 1.82) is 0 Å². The Hall–Kier alpha value is -2.82. The predicted molar refractivity (Wildman–Crippen MR) is 90.3 cm³/mol. The van der Waals surface area contributed by atoms with Crippen LogP contribution < -0.4 is 0 Å². The van der Waals surface area contributed by atoms with Crippen LogP contribution in [0.1, 0.15) is 24.5 Å². The summed E-state index contributed by atoms with van der Waals surface area (Å²) >= 11 is 0. The number of rotatable bonds is 7. The fourth-order valence-corrected chi connectivity index (χ4v) is 2.41. The third-order valence-corrected chi connectivity index (χ3v) is 3.68. The van der Waals surface area contributed by atoms with E-state index < -0.39 is 18.1 Å². The van der Waals surface area contributed by atoms with Gasteiger partial charge in [-0.2, -0.15) is 0 Å². The van der Waals surface area contributed by atoms with Crippen molar-refractivity contribution < 1.29 is 19.4 Å². The third kappa shape index (κ3) is 4.84. The maximum Gasteiger partial charge on any atom is 0.411 e. The van der Waals surface area contributed by atoms with Crippen LogP contribution in [0.2, 0.25) is 0 Å². The molecule has 0 saturated heterocycles. The van der Waals surface area contributed by atoms with Gasteiger partial charge in [0.1, 0.15) is 12.6 Å². The van der Waals surface area contributed by atoms with Crippen molar-refractivity contribution in [3.8, 4) is 0 Å². The highest BCUT2D eigenvalue weighted by molar-refractivity contribution is 5.80. The molecule has 2 aromatic carbocycles. The van der Waals surface area contributed by atoms with Crippen LogP contribution in [-0.2, 0) is 22.7 Å². The Morgan fingerprint density at radius 1 is 1.00 bits per heavy atom. The fourth-order valence-electron chi connectivity index (χ4n) is 2.41. The molecule has 1 atom stereocenters. The van der Waals surface area contributed by atoms with Gasteiger partial charge in [0.25, 0.3) is 0 Å². The number of nitrogens with zero attached hydrogens (tertiary/aromatic N) is 1. The lowest BCUT2D eigenvalue weighted by atomic mass is 10.1. The molecule has 1 unspecified atom stereocenters. The highest BCUT2D eigenvalue weighted by Crippen LogP contribution is 2.14. The lowest BCUT2D eigenvalue weighted by molar-refractivity contribution is -0.143. The summed E-state index contributed by atoms with van der Waals surface area (Å²) in [5, 5.41) is 9.41. The maximum atomic E-state index is 12.5. The van der Waals surface area contributed by atoms with Crippen LogP contribution in [0.4, 0.5) is 4.79 Å². The Morgan fingerprint density at radius 3 is 2.04 bits per heavy atom. The Bertz CT molecular complexity index is 658. The number of benzene rings is 2. The van der Waals surface area contributed by atoms with Crippen molar-refractivity contribution in [2.24, 2.45) is 0 Å². The van der Waals surface area contributed by atoms with Gasteiger partial charge >= 0.3 is 12.1 Å². The minimum absolute atomic E-state index is 0.112. The van der Waals surface area contributed by atoms with E-state index in [-0.39, 0.29) is 13.2 Å². The van der Waals surface area contributed by atoms with E-state index in [1.54, 1.807) is 6.92 Å². The second-order valence-corrected chi connectivity index (χ2v) is 5.42. The van der Waals surface area contributed by atoms with Gasteiger partial charge in [-0.15, -0.1) is 0 Å². The minimum Gasteiger partial charge on any atom is -0.480 e. The number of carboxylic acid groups (broad SMARTS) is 1. The van der Waals surface area contributed by atoms with Gasteiger partial charge in [-0.25, -0.2) is 9.59 Å². The fraction of sp³-hybridized carbons (Fsp3) is 0.263. The molecule has 0 heterocycles. The van der Waals surface area contributed by atoms with Crippen molar-refractivity contribution in [2.75, 3.05) is 0 Å². The molecule has 2 rings (SSSR count). The van der Waals surface area contributed by atoms with Gasteiger partial charge in [-0.05, 0) is 17.5 Å². The molecule has 0 bridgehead atoms. The molecule has 1 N–H and O–H groups in total. The van der Waals surface area contributed by atoms with Crippen LogP contribution in [0.25, 0.3) is 0 Å². The van der Waals surface area contributed by atoms with E-state index in [1.807, 2.05) is 60.7 Å². The summed E-state index contributed by atoms with van der Waals surface area (Å²) in [5.41, 5.74) is 1.71. The highest BCUT2D eigenvalue weighted by atomic mass is 16.6. The average molecular weight is 327 g/mol. The molecule has 0 aromatic heterocycles.